The van der Waals surface area contributed by atoms with Crippen LogP contribution in [0.25, 0.3) is 0 Å². The van der Waals surface area contributed by atoms with Crippen LogP contribution < -0.4 is 0 Å². The van der Waals surface area contributed by atoms with E-state index in [1.165, 1.54) is 25.7 Å². The molecule has 0 aromatic rings. The van der Waals surface area contributed by atoms with Gasteiger partial charge >= 0.3 is 0 Å². The molecule has 0 atom stereocenters. The average molecular weight is 200 g/mol. The molecule has 0 N–H and O–H groups in total. The summed E-state index contributed by atoms with van der Waals surface area (Å²) in [5.41, 5.74) is 0. The van der Waals surface area contributed by atoms with E-state index in [4.69, 9.17) is 9.78 Å². The standard InChI is InChI=1S/C12H24O2/c1-4-6-8-9-11-13-14-12(3)10-7-5-2/h3-11H2,1-2H3. The lowest BCUT2D eigenvalue weighted by molar-refractivity contribution is -0.264. The molecule has 0 rings (SSSR count). The van der Waals surface area contributed by atoms with Gasteiger partial charge in [-0.25, -0.2) is 0 Å². The average Bonchev–Trinajstić information content (AvgIpc) is 2.20. The van der Waals surface area contributed by atoms with Crippen molar-refractivity contribution in [3.63, 3.8) is 0 Å². The fourth-order valence-electron chi connectivity index (χ4n) is 1.13. The second kappa shape index (κ2) is 10.6. The van der Waals surface area contributed by atoms with Crippen molar-refractivity contribution in [3.8, 4) is 0 Å². The van der Waals surface area contributed by atoms with Gasteiger partial charge in [0.25, 0.3) is 0 Å². The third kappa shape index (κ3) is 9.59. The highest BCUT2D eigenvalue weighted by atomic mass is 17.2. The van der Waals surface area contributed by atoms with Crippen LogP contribution in [0.3, 0.4) is 0 Å². The quantitative estimate of drug-likeness (QED) is 0.227. The minimum Gasteiger partial charge on any atom is -0.343 e. The lowest BCUT2D eigenvalue weighted by Crippen LogP contribution is -1.96. The molecular formula is C12H24O2. The van der Waals surface area contributed by atoms with Crippen LogP contribution in [0.5, 0.6) is 0 Å². The minimum atomic E-state index is 0.686. The van der Waals surface area contributed by atoms with E-state index in [0.29, 0.717) is 6.61 Å². The molecule has 2 nitrogen and oxygen atoms in total. The summed E-state index contributed by atoms with van der Waals surface area (Å²) in [6, 6.07) is 0. The van der Waals surface area contributed by atoms with Crippen molar-refractivity contribution in [2.24, 2.45) is 0 Å². The SMILES string of the molecule is C=C(CCCC)OOCCCCCC. The molecule has 0 unspecified atom stereocenters. The zero-order valence-corrected chi connectivity index (χ0v) is 9.68. The van der Waals surface area contributed by atoms with Gasteiger partial charge in [-0.05, 0) is 12.8 Å². The highest BCUT2D eigenvalue weighted by Crippen LogP contribution is 2.07. The first kappa shape index (κ1) is 13.5. The van der Waals surface area contributed by atoms with E-state index in [-0.39, 0.29) is 0 Å². The zero-order chi connectivity index (χ0) is 10.6. The summed E-state index contributed by atoms with van der Waals surface area (Å²) in [5.74, 6) is 0.752. The summed E-state index contributed by atoms with van der Waals surface area (Å²) in [7, 11) is 0. The van der Waals surface area contributed by atoms with Gasteiger partial charge in [-0.2, -0.15) is 4.89 Å². The predicted molar refractivity (Wildman–Crippen MR) is 59.8 cm³/mol. The van der Waals surface area contributed by atoms with Crippen molar-refractivity contribution in [1.82, 2.24) is 0 Å². The van der Waals surface area contributed by atoms with Crippen LogP contribution in [-0.2, 0) is 9.78 Å². The fraction of sp³-hybridized carbons (Fsp3) is 0.833. The van der Waals surface area contributed by atoms with Crippen molar-refractivity contribution in [3.05, 3.63) is 12.3 Å². The largest absolute Gasteiger partial charge is 0.343 e. The van der Waals surface area contributed by atoms with Crippen LogP contribution >= 0.6 is 0 Å². The van der Waals surface area contributed by atoms with Crippen molar-refractivity contribution in [1.29, 1.82) is 0 Å². The third-order valence-electron chi connectivity index (χ3n) is 2.07. The van der Waals surface area contributed by atoms with Gasteiger partial charge in [0.1, 0.15) is 5.76 Å². The van der Waals surface area contributed by atoms with Gasteiger partial charge in [-0.1, -0.05) is 46.1 Å². The number of hydrogen-bond acceptors (Lipinski definition) is 2. The molecule has 0 aromatic carbocycles. The van der Waals surface area contributed by atoms with E-state index < -0.39 is 0 Å². The zero-order valence-electron chi connectivity index (χ0n) is 9.68. The summed E-state index contributed by atoms with van der Waals surface area (Å²) >= 11 is 0. The molecule has 0 radical (unpaired) electrons. The second-order valence-electron chi connectivity index (χ2n) is 3.61. The first-order valence-electron chi connectivity index (χ1n) is 5.78. The third-order valence-corrected chi connectivity index (χ3v) is 2.07. The topological polar surface area (TPSA) is 18.5 Å². The van der Waals surface area contributed by atoms with Gasteiger partial charge in [0, 0.05) is 6.42 Å². The van der Waals surface area contributed by atoms with Crippen molar-refractivity contribution >= 4 is 0 Å². The Labute approximate surface area is 88.2 Å². The Kier molecular flexibility index (Phi) is 10.2. The number of unbranched alkanes of at least 4 members (excludes halogenated alkanes) is 4. The summed E-state index contributed by atoms with van der Waals surface area (Å²) in [4.78, 5) is 10.1. The second-order valence-corrected chi connectivity index (χ2v) is 3.61. The Balaban J connectivity index is 3.07. The van der Waals surface area contributed by atoms with E-state index in [0.717, 1.165) is 25.0 Å². The molecule has 0 bridgehead atoms. The summed E-state index contributed by atoms with van der Waals surface area (Å²) in [6.45, 7) is 8.81. The number of hydrogen-bond donors (Lipinski definition) is 0. The van der Waals surface area contributed by atoms with Gasteiger partial charge in [0.15, 0.2) is 0 Å². The highest BCUT2D eigenvalue weighted by Gasteiger charge is 1.95. The number of allylic oxidation sites excluding steroid dienone is 1. The number of rotatable bonds is 10. The Hall–Kier alpha value is -0.500. The summed E-state index contributed by atoms with van der Waals surface area (Å²) in [6.07, 6.45) is 8.03. The molecule has 0 aliphatic heterocycles. The van der Waals surface area contributed by atoms with E-state index >= 15 is 0 Å². The van der Waals surface area contributed by atoms with E-state index in [2.05, 4.69) is 20.4 Å². The smallest absolute Gasteiger partial charge is 0.135 e. The maximum absolute atomic E-state index is 5.04. The maximum Gasteiger partial charge on any atom is 0.135 e. The fourth-order valence-corrected chi connectivity index (χ4v) is 1.13. The minimum absolute atomic E-state index is 0.686. The Morgan fingerprint density at radius 1 is 1.00 bits per heavy atom. The van der Waals surface area contributed by atoms with Gasteiger partial charge < -0.3 is 4.89 Å². The maximum atomic E-state index is 5.04. The van der Waals surface area contributed by atoms with Crippen LogP contribution in [0.1, 0.15) is 58.8 Å². The van der Waals surface area contributed by atoms with Crippen molar-refractivity contribution in [2.75, 3.05) is 6.61 Å². The summed E-state index contributed by atoms with van der Waals surface area (Å²) < 4.78 is 0. The predicted octanol–water partition coefficient (Wildman–Crippen LogP) is 4.22. The van der Waals surface area contributed by atoms with Gasteiger partial charge in [-0.3, -0.25) is 0 Å². The van der Waals surface area contributed by atoms with Crippen molar-refractivity contribution < 1.29 is 9.78 Å². The molecule has 84 valence electrons. The monoisotopic (exact) mass is 200 g/mol. The molecular weight excluding hydrogens is 176 g/mol. The van der Waals surface area contributed by atoms with Crippen LogP contribution in [-0.4, -0.2) is 6.61 Å². The molecule has 0 aliphatic rings. The molecule has 0 saturated carbocycles. The van der Waals surface area contributed by atoms with E-state index in [1.54, 1.807) is 0 Å². The van der Waals surface area contributed by atoms with Gasteiger partial charge in [0.05, 0.1) is 6.61 Å². The molecule has 0 aromatic heterocycles. The lowest BCUT2D eigenvalue weighted by Gasteiger charge is -2.06. The van der Waals surface area contributed by atoms with Crippen molar-refractivity contribution in [2.45, 2.75) is 58.8 Å². The van der Waals surface area contributed by atoms with Gasteiger partial charge in [-0.15, -0.1) is 0 Å². The van der Waals surface area contributed by atoms with Crippen LogP contribution in [0.15, 0.2) is 12.3 Å². The highest BCUT2D eigenvalue weighted by molar-refractivity contribution is 4.79. The Morgan fingerprint density at radius 2 is 1.71 bits per heavy atom. The Bertz CT molecular complexity index is 132. The normalized spacial score (nSPS) is 10.1. The van der Waals surface area contributed by atoms with E-state index in [9.17, 15) is 0 Å². The first-order valence-corrected chi connectivity index (χ1v) is 5.78. The molecule has 0 aliphatic carbocycles. The lowest BCUT2D eigenvalue weighted by atomic mass is 10.2. The Morgan fingerprint density at radius 3 is 2.36 bits per heavy atom. The molecule has 0 saturated heterocycles. The van der Waals surface area contributed by atoms with Crippen LogP contribution in [0, 0.1) is 0 Å². The van der Waals surface area contributed by atoms with E-state index in [1.807, 2.05) is 0 Å². The molecule has 0 heterocycles. The molecule has 2 heteroatoms. The first-order chi connectivity index (χ1) is 6.81. The molecule has 0 fully saturated rings. The molecule has 0 amide bonds. The molecule has 0 spiro atoms. The van der Waals surface area contributed by atoms with Crippen LogP contribution in [0.4, 0.5) is 0 Å². The van der Waals surface area contributed by atoms with Crippen LogP contribution in [0.2, 0.25) is 0 Å². The summed E-state index contributed by atoms with van der Waals surface area (Å²) in [5, 5.41) is 0. The molecule has 14 heavy (non-hydrogen) atoms. The van der Waals surface area contributed by atoms with Gasteiger partial charge in [0.2, 0.25) is 0 Å².